The number of nitrogens with one attached hydrogen (secondary N) is 1. The topological polar surface area (TPSA) is 86.6 Å². The van der Waals surface area contributed by atoms with E-state index in [9.17, 15) is 13.5 Å². The van der Waals surface area contributed by atoms with Crippen molar-refractivity contribution in [2.45, 2.75) is 11.0 Å². The second kappa shape index (κ2) is 5.81. The molecule has 0 aliphatic heterocycles. The molecule has 3 N–H and O–H groups in total. The van der Waals surface area contributed by atoms with Crippen LogP contribution >= 0.6 is 15.9 Å². The summed E-state index contributed by atoms with van der Waals surface area (Å²) in [7, 11) is -3.35. The van der Waals surface area contributed by atoms with Crippen LogP contribution in [0.4, 0.5) is 5.69 Å². The molecule has 1 aromatic rings. The highest BCUT2D eigenvalue weighted by Gasteiger charge is 2.14. The molecule has 0 radical (unpaired) electrons. The van der Waals surface area contributed by atoms with E-state index in [2.05, 4.69) is 21.2 Å². The zero-order valence-electron chi connectivity index (χ0n) is 9.22. The summed E-state index contributed by atoms with van der Waals surface area (Å²) in [5.41, 5.74) is 0.406. The number of aliphatic hydroxyl groups excluding tert-OH is 2. The quantitative estimate of drug-likeness (QED) is 0.739. The van der Waals surface area contributed by atoms with Crippen LogP contribution in [0.2, 0.25) is 0 Å². The fraction of sp³-hybridized carbons (Fsp3) is 0.400. The Hall–Kier alpha value is -0.630. The Morgan fingerprint density at radius 1 is 1.47 bits per heavy atom. The molecule has 0 spiro atoms. The summed E-state index contributed by atoms with van der Waals surface area (Å²) in [6.45, 7) is -0.293. The fourth-order valence-corrected chi connectivity index (χ4v) is 2.63. The first-order chi connectivity index (χ1) is 7.84. The molecule has 0 bridgehead atoms. The molecule has 1 rings (SSSR count). The first kappa shape index (κ1) is 14.4. The van der Waals surface area contributed by atoms with E-state index in [0.29, 0.717) is 10.2 Å². The molecule has 0 saturated heterocycles. The van der Waals surface area contributed by atoms with Crippen molar-refractivity contribution in [3.8, 4) is 0 Å². The molecule has 1 atom stereocenters. The van der Waals surface area contributed by atoms with Crippen molar-refractivity contribution in [1.29, 1.82) is 0 Å². The average molecular weight is 324 g/mol. The monoisotopic (exact) mass is 323 g/mol. The first-order valence-electron chi connectivity index (χ1n) is 4.87. The van der Waals surface area contributed by atoms with Crippen LogP contribution in [0.15, 0.2) is 27.6 Å². The van der Waals surface area contributed by atoms with E-state index in [4.69, 9.17) is 5.11 Å². The van der Waals surface area contributed by atoms with Crippen molar-refractivity contribution in [3.63, 3.8) is 0 Å². The van der Waals surface area contributed by atoms with E-state index in [0.717, 1.165) is 6.26 Å². The van der Waals surface area contributed by atoms with Gasteiger partial charge in [0.15, 0.2) is 9.84 Å². The summed E-state index contributed by atoms with van der Waals surface area (Å²) in [6.07, 6.45) is 0.189. The molecular formula is C10H14BrNO4S. The number of rotatable bonds is 5. The minimum Gasteiger partial charge on any atom is -0.394 e. The minimum absolute atomic E-state index is 0.0840. The number of hydrogen-bond acceptors (Lipinski definition) is 5. The number of benzene rings is 1. The van der Waals surface area contributed by atoms with Crippen molar-refractivity contribution in [2.24, 2.45) is 0 Å². The Labute approximate surface area is 109 Å². The summed E-state index contributed by atoms with van der Waals surface area (Å²) in [5.74, 6) is 0. The molecule has 5 nitrogen and oxygen atoms in total. The van der Waals surface area contributed by atoms with Crippen LogP contribution < -0.4 is 5.32 Å². The maximum Gasteiger partial charge on any atom is 0.177 e. The third-order valence-electron chi connectivity index (χ3n) is 2.08. The highest BCUT2D eigenvalue weighted by atomic mass is 79.9. The predicted molar refractivity (Wildman–Crippen MR) is 68.8 cm³/mol. The molecule has 0 aliphatic rings. The van der Waals surface area contributed by atoms with Crippen molar-refractivity contribution in [3.05, 3.63) is 22.7 Å². The van der Waals surface area contributed by atoms with Crippen LogP contribution in [0, 0.1) is 0 Å². The lowest BCUT2D eigenvalue weighted by atomic mass is 10.3. The molecular weight excluding hydrogens is 310 g/mol. The van der Waals surface area contributed by atoms with Crippen molar-refractivity contribution >= 4 is 31.5 Å². The normalized spacial score (nSPS) is 13.4. The molecule has 0 aliphatic carbocycles. The van der Waals surface area contributed by atoms with Gasteiger partial charge in [-0.15, -0.1) is 0 Å². The second-order valence-electron chi connectivity index (χ2n) is 3.63. The Bertz CT molecular complexity index is 489. The molecule has 1 unspecified atom stereocenters. The Kier molecular flexibility index (Phi) is 4.93. The zero-order chi connectivity index (χ0) is 13.1. The molecule has 7 heteroatoms. The lowest BCUT2D eigenvalue weighted by Gasteiger charge is -2.13. The molecule has 0 fully saturated rings. The number of aliphatic hydroxyl groups is 2. The first-order valence-corrected chi connectivity index (χ1v) is 7.55. The van der Waals surface area contributed by atoms with Crippen LogP contribution in [-0.4, -0.2) is 44.1 Å². The lowest BCUT2D eigenvalue weighted by Crippen LogP contribution is -2.23. The van der Waals surface area contributed by atoms with Crippen molar-refractivity contribution in [2.75, 3.05) is 24.7 Å². The van der Waals surface area contributed by atoms with Gasteiger partial charge in [0.2, 0.25) is 0 Å². The maximum atomic E-state index is 11.5. The van der Waals surface area contributed by atoms with Crippen LogP contribution in [0.1, 0.15) is 0 Å². The van der Waals surface area contributed by atoms with Gasteiger partial charge in [-0.3, -0.25) is 0 Å². The van der Waals surface area contributed by atoms with Gasteiger partial charge in [0.25, 0.3) is 0 Å². The third kappa shape index (κ3) is 4.27. The second-order valence-corrected chi connectivity index (χ2v) is 6.53. The standard InChI is InChI=1S/C10H14BrNO4S/c1-17(15,16)10-4-7(11)2-3-9(10)12-5-8(14)6-13/h2-4,8,12-14H,5-6H2,1H3. The Morgan fingerprint density at radius 3 is 2.65 bits per heavy atom. The summed E-state index contributed by atoms with van der Waals surface area (Å²) >= 11 is 3.20. The molecule has 17 heavy (non-hydrogen) atoms. The van der Waals surface area contributed by atoms with Gasteiger partial charge in [-0.2, -0.15) is 0 Å². The van der Waals surface area contributed by atoms with Crippen molar-refractivity contribution < 1.29 is 18.6 Å². The third-order valence-corrected chi connectivity index (χ3v) is 3.71. The van der Waals surface area contributed by atoms with Gasteiger partial charge in [0, 0.05) is 17.3 Å². The van der Waals surface area contributed by atoms with Crippen LogP contribution in [0.5, 0.6) is 0 Å². The summed E-state index contributed by atoms with van der Waals surface area (Å²) in [5, 5.41) is 20.7. The fourth-order valence-electron chi connectivity index (χ4n) is 1.24. The SMILES string of the molecule is CS(=O)(=O)c1cc(Br)ccc1NCC(O)CO. The largest absolute Gasteiger partial charge is 0.394 e. The summed E-state index contributed by atoms with van der Waals surface area (Å²) < 4.78 is 23.8. The molecule has 0 heterocycles. The van der Waals surface area contributed by atoms with E-state index in [1.54, 1.807) is 12.1 Å². The smallest absolute Gasteiger partial charge is 0.177 e. The van der Waals surface area contributed by atoms with E-state index >= 15 is 0 Å². The summed E-state index contributed by atoms with van der Waals surface area (Å²) in [4.78, 5) is 0.150. The van der Waals surface area contributed by atoms with Gasteiger partial charge >= 0.3 is 0 Å². The van der Waals surface area contributed by atoms with Gasteiger partial charge < -0.3 is 15.5 Å². The Morgan fingerprint density at radius 2 is 2.12 bits per heavy atom. The molecule has 96 valence electrons. The Balaban J connectivity index is 3.00. The van der Waals surface area contributed by atoms with E-state index < -0.39 is 15.9 Å². The van der Waals surface area contributed by atoms with Crippen LogP contribution in [0.25, 0.3) is 0 Å². The van der Waals surface area contributed by atoms with Crippen molar-refractivity contribution in [1.82, 2.24) is 0 Å². The molecule has 0 amide bonds. The summed E-state index contributed by atoms with van der Waals surface area (Å²) in [6, 6.07) is 4.79. The van der Waals surface area contributed by atoms with Gasteiger partial charge in [-0.25, -0.2) is 8.42 Å². The number of hydrogen-bond donors (Lipinski definition) is 3. The molecule has 0 saturated carbocycles. The zero-order valence-corrected chi connectivity index (χ0v) is 11.6. The lowest BCUT2D eigenvalue weighted by molar-refractivity contribution is 0.105. The maximum absolute atomic E-state index is 11.5. The van der Waals surface area contributed by atoms with Crippen LogP contribution in [0.3, 0.4) is 0 Å². The van der Waals surface area contributed by atoms with E-state index in [1.165, 1.54) is 6.07 Å². The number of halogens is 1. The van der Waals surface area contributed by atoms with Gasteiger partial charge in [-0.1, -0.05) is 15.9 Å². The van der Waals surface area contributed by atoms with E-state index in [-0.39, 0.29) is 18.0 Å². The van der Waals surface area contributed by atoms with Gasteiger partial charge in [0.05, 0.1) is 23.3 Å². The minimum atomic E-state index is -3.35. The average Bonchev–Trinajstić information content (AvgIpc) is 2.25. The predicted octanol–water partition coefficient (Wildman–Crippen LogP) is 0.618. The van der Waals surface area contributed by atoms with Gasteiger partial charge in [0.1, 0.15) is 0 Å². The number of anilines is 1. The number of sulfone groups is 1. The highest BCUT2D eigenvalue weighted by Crippen LogP contribution is 2.25. The van der Waals surface area contributed by atoms with Gasteiger partial charge in [-0.05, 0) is 18.2 Å². The van der Waals surface area contributed by atoms with E-state index in [1.807, 2.05) is 0 Å². The molecule has 1 aromatic carbocycles. The molecule has 0 aromatic heterocycles. The van der Waals surface area contributed by atoms with Crippen LogP contribution in [-0.2, 0) is 9.84 Å². The highest BCUT2D eigenvalue weighted by molar-refractivity contribution is 9.10.